The summed E-state index contributed by atoms with van der Waals surface area (Å²) < 4.78 is 0. The van der Waals surface area contributed by atoms with Crippen LogP contribution in [0.3, 0.4) is 0 Å². The van der Waals surface area contributed by atoms with E-state index in [9.17, 15) is 24.0 Å². The molecule has 0 spiro atoms. The molecule has 0 bridgehead atoms. The fraction of sp³-hybridized carbons (Fsp3) is 0.467. The lowest BCUT2D eigenvalue weighted by molar-refractivity contribution is -0.137. The number of hydrogen-bond acceptors (Lipinski definition) is 7. The van der Waals surface area contributed by atoms with Crippen molar-refractivity contribution in [2.45, 2.75) is 64.6 Å². The van der Waals surface area contributed by atoms with Crippen LogP contribution < -0.4 is 26.6 Å². The van der Waals surface area contributed by atoms with Crippen LogP contribution in [0, 0.1) is 11.8 Å². The molecule has 220 valence electrons. The summed E-state index contributed by atoms with van der Waals surface area (Å²) in [5, 5.41) is 14.3. The Morgan fingerprint density at radius 3 is 2.34 bits per heavy atom. The van der Waals surface area contributed by atoms with Crippen LogP contribution in [0.2, 0.25) is 0 Å². The second kappa shape index (κ2) is 14.4. The van der Waals surface area contributed by atoms with Gasteiger partial charge in [0, 0.05) is 31.6 Å². The number of pyridine rings is 1. The Kier molecular flexibility index (Phi) is 11.0. The van der Waals surface area contributed by atoms with Crippen molar-refractivity contribution in [2.24, 2.45) is 11.8 Å². The molecule has 0 aliphatic carbocycles. The second-order valence-corrected chi connectivity index (χ2v) is 10.8. The average molecular weight is 565 g/mol. The fourth-order valence-corrected chi connectivity index (χ4v) is 4.46. The molecule has 0 unspecified atom stereocenters. The highest BCUT2D eigenvalue weighted by Crippen LogP contribution is 2.21. The van der Waals surface area contributed by atoms with Gasteiger partial charge in [-0.25, -0.2) is 4.98 Å². The Balaban J connectivity index is 1.96. The number of carbonyl (C=O) groups excluding carboxylic acids is 5. The van der Waals surface area contributed by atoms with Gasteiger partial charge in [0.25, 0.3) is 0 Å². The van der Waals surface area contributed by atoms with E-state index >= 15 is 0 Å². The predicted octanol–water partition coefficient (Wildman–Crippen LogP) is 1.87. The Morgan fingerprint density at radius 1 is 1.00 bits per heavy atom. The van der Waals surface area contributed by atoms with Gasteiger partial charge in [-0.1, -0.05) is 57.2 Å². The molecule has 1 aromatic carbocycles. The molecule has 5 N–H and O–H groups in total. The van der Waals surface area contributed by atoms with Crippen molar-refractivity contribution in [1.82, 2.24) is 26.3 Å². The number of carbonyl (C=O) groups is 5. The lowest BCUT2D eigenvalue weighted by Gasteiger charge is -2.33. The van der Waals surface area contributed by atoms with Gasteiger partial charge in [-0.05, 0) is 37.5 Å². The number of ketones is 1. The van der Waals surface area contributed by atoms with Gasteiger partial charge in [0.05, 0.1) is 11.5 Å². The summed E-state index contributed by atoms with van der Waals surface area (Å²) in [4.78, 5) is 70.8. The third kappa shape index (κ3) is 8.60. The zero-order chi connectivity index (χ0) is 30.0. The number of nitrogens with one attached hydrogen (secondary N) is 5. The van der Waals surface area contributed by atoms with Crippen molar-refractivity contribution in [1.29, 1.82) is 0 Å². The van der Waals surface area contributed by atoms with E-state index in [4.69, 9.17) is 0 Å². The van der Waals surface area contributed by atoms with Crippen LogP contribution in [0.25, 0.3) is 0 Å². The van der Waals surface area contributed by atoms with Gasteiger partial charge in [0.1, 0.15) is 17.9 Å². The number of rotatable bonds is 7. The van der Waals surface area contributed by atoms with Gasteiger partial charge in [-0.3, -0.25) is 24.0 Å². The van der Waals surface area contributed by atoms with Crippen LogP contribution in [0.4, 0.5) is 5.82 Å². The van der Waals surface area contributed by atoms with E-state index in [0.717, 1.165) is 0 Å². The van der Waals surface area contributed by atoms with Gasteiger partial charge in [0.2, 0.25) is 23.6 Å². The molecule has 11 heteroatoms. The first-order chi connectivity index (χ1) is 19.5. The standard InChI is InChI=1S/C30H40N6O5/c1-5-22-28(40)35-25(20-11-7-6-8-12-20)29(41)32-16-14-30(4,36-26(38)19(2)3)23(37)17-21(27(39)34-22)18-33-24-13-9-10-15-31-24/h6-13,15,19,21-22,25H,5,14,16-18H2,1-4H3,(H,31,33)(H,32,41)(H,34,39)(H,35,40)(H,36,38)/t21-,22-,25+,30+/m0/s1. The first kappa shape index (κ1) is 31.3. The Labute approximate surface area is 240 Å². The number of amides is 4. The number of benzene rings is 1. The molecule has 41 heavy (non-hydrogen) atoms. The monoisotopic (exact) mass is 564 g/mol. The molecular formula is C30H40N6O5. The summed E-state index contributed by atoms with van der Waals surface area (Å²) in [7, 11) is 0. The maximum Gasteiger partial charge on any atom is 0.247 e. The van der Waals surface area contributed by atoms with Crippen molar-refractivity contribution < 1.29 is 24.0 Å². The van der Waals surface area contributed by atoms with Crippen LogP contribution in [-0.2, 0) is 24.0 Å². The van der Waals surface area contributed by atoms with E-state index in [2.05, 4.69) is 31.6 Å². The summed E-state index contributed by atoms with van der Waals surface area (Å²) in [5.41, 5.74) is -0.784. The van der Waals surface area contributed by atoms with Crippen molar-refractivity contribution in [2.75, 3.05) is 18.4 Å². The molecule has 4 atom stereocenters. The van der Waals surface area contributed by atoms with E-state index < -0.39 is 41.3 Å². The van der Waals surface area contributed by atoms with Gasteiger partial charge in [-0.2, -0.15) is 0 Å². The van der Waals surface area contributed by atoms with Gasteiger partial charge < -0.3 is 26.6 Å². The normalized spacial score (nSPS) is 24.5. The summed E-state index contributed by atoms with van der Waals surface area (Å²) in [5.74, 6) is -2.89. The molecule has 1 aliphatic rings. The van der Waals surface area contributed by atoms with Crippen LogP contribution >= 0.6 is 0 Å². The first-order valence-corrected chi connectivity index (χ1v) is 14.0. The first-order valence-electron chi connectivity index (χ1n) is 14.0. The summed E-state index contributed by atoms with van der Waals surface area (Å²) in [6.45, 7) is 6.93. The Hall–Kier alpha value is -4.28. The molecule has 2 heterocycles. The SMILES string of the molecule is CC[C@@H]1NC(=O)[C@H](CNc2ccccn2)CC(=O)[C@](C)(NC(=O)C(C)C)CCNC(=O)[C@@H](c2ccccc2)NC1=O. The summed E-state index contributed by atoms with van der Waals surface area (Å²) >= 11 is 0. The number of Topliss-reactive ketones (excluding diaryl/α,β-unsaturated/α-hetero) is 1. The fourth-order valence-electron chi connectivity index (χ4n) is 4.46. The van der Waals surface area contributed by atoms with Crippen molar-refractivity contribution >= 4 is 35.2 Å². The topological polar surface area (TPSA) is 158 Å². The van der Waals surface area contributed by atoms with Crippen LogP contribution in [0.5, 0.6) is 0 Å². The molecule has 0 saturated carbocycles. The molecule has 1 aliphatic heterocycles. The maximum atomic E-state index is 13.8. The highest BCUT2D eigenvalue weighted by Gasteiger charge is 2.39. The predicted molar refractivity (Wildman–Crippen MR) is 154 cm³/mol. The van der Waals surface area contributed by atoms with Crippen LogP contribution in [0.15, 0.2) is 54.7 Å². The molecule has 0 radical (unpaired) electrons. The van der Waals surface area contributed by atoms with Gasteiger partial charge in [0.15, 0.2) is 5.78 Å². The summed E-state index contributed by atoms with van der Waals surface area (Å²) in [6, 6.07) is 12.1. The van der Waals surface area contributed by atoms with Crippen LogP contribution in [0.1, 0.15) is 58.6 Å². The smallest absolute Gasteiger partial charge is 0.247 e. The number of aromatic nitrogens is 1. The third-order valence-electron chi connectivity index (χ3n) is 7.18. The minimum Gasteiger partial charge on any atom is -0.369 e. The lowest BCUT2D eigenvalue weighted by atomic mass is 9.85. The van der Waals surface area contributed by atoms with E-state index in [0.29, 0.717) is 11.4 Å². The highest BCUT2D eigenvalue weighted by atomic mass is 16.2. The van der Waals surface area contributed by atoms with Crippen molar-refractivity contribution in [3.63, 3.8) is 0 Å². The Bertz CT molecular complexity index is 1220. The summed E-state index contributed by atoms with van der Waals surface area (Å²) in [6.07, 6.45) is 1.75. The molecule has 1 saturated heterocycles. The van der Waals surface area contributed by atoms with E-state index in [1.54, 1.807) is 82.4 Å². The zero-order valence-electron chi connectivity index (χ0n) is 24.0. The van der Waals surface area contributed by atoms with Gasteiger partial charge >= 0.3 is 0 Å². The van der Waals surface area contributed by atoms with Crippen molar-refractivity contribution in [3.05, 3.63) is 60.3 Å². The van der Waals surface area contributed by atoms with E-state index in [1.807, 2.05) is 0 Å². The molecule has 2 aromatic rings. The largest absolute Gasteiger partial charge is 0.369 e. The van der Waals surface area contributed by atoms with Crippen LogP contribution in [-0.4, -0.2) is 59.1 Å². The van der Waals surface area contributed by atoms with Crippen molar-refractivity contribution in [3.8, 4) is 0 Å². The van der Waals surface area contributed by atoms with E-state index in [1.165, 1.54) is 0 Å². The molecule has 4 amide bonds. The third-order valence-corrected chi connectivity index (χ3v) is 7.18. The number of anilines is 1. The number of nitrogens with zero attached hydrogens (tertiary/aromatic N) is 1. The molecular weight excluding hydrogens is 524 g/mol. The number of hydrogen-bond donors (Lipinski definition) is 5. The maximum absolute atomic E-state index is 13.8. The lowest BCUT2D eigenvalue weighted by Crippen LogP contribution is -2.57. The van der Waals surface area contributed by atoms with E-state index in [-0.39, 0.29) is 50.0 Å². The van der Waals surface area contributed by atoms with Gasteiger partial charge in [-0.15, -0.1) is 0 Å². The minimum atomic E-state index is -1.35. The molecule has 3 rings (SSSR count). The second-order valence-electron chi connectivity index (χ2n) is 10.8. The minimum absolute atomic E-state index is 0.0545. The Morgan fingerprint density at radius 2 is 1.71 bits per heavy atom. The highest BCUT2D eigenvalue weighted by molar-refractivity contribution is 5.97. The quantitative estimate of drug-likeness (QED) is 0.343. The average Bonchev–Trinajstić information content (AvgIpc) is 2.96. The molecule has 1 aromatic heterocycles. The molecule has 11 nitrogen and oxygen atoms in total. The zero-order valence-corrected chi connectivity index (χ0v) is 24.0. The molecule has 1 fully saturated rings.